The highest BCUT2D eigenvalue weighted by Gasteiger charge is 2.39. The molecule has 0 bridgehead atoms. The average molecular weight is 588 g/mol. The second-order valence-electron chi connectivity index (χ2n) is 8.07. The van der Waals surface area contributed by atoms with Gasteiger partial charge in [-0.05, 0) is 80.1 Å². The smallest absolute Gasteiger partial charge is 0.269 e. The van der Waals surface area contributed by atoms with Gasteiger partial charge in [-0.15, -0.1) is 0 Å². The van der Waals surface area contributed by atoms with Crippen LogP contribution in [0.4, 0.5) is 5.69 Å². The first-order valence-electron chi connectivity index (χ1n) is 10.5. The Balaban J connectivity index is 1.67. The summed E-state index contributed by atoms with van der Waals surface area (Å²) < 4.78 is 7.24. The summed E-state index contributed by atoms with van der Waals surface area (Å²) in [5.74, 6) is 0.366. The van der Waals surface area contributed by atoms with Crippen LogP contribution in [-0.2, 0) is 11.4 Å². The number of benzene rings is 2. The molecule has 1 aliphatic heterocycles. The number of halogens is 2. The number of ketones is 1. The minimum atomic E-state index is -0.555. The van der Waals surface area contributed by atoms with Crippen molar-refractivity contribution in [1.82, 2.24) is 4.90 Å². The Labute approximate surface area is 213 Å². The van der Waals surface area contributed by atoms with E-state index in [0.29, 0.717) is 38.1 Å². The minimum Gasteiger partial charge on any atom is -0.487 e. The van der Waals surface area contributed by atoms with Gasteiger partial charge in [-0.2, -0.15) is 5.26 Å². The maximum absolute atomic E-state index is 12.9. The molecule has 2 aromatic rings. The lowest BCUT2D eigenvalue weighted by atomic mass is 9.76. The molecule has 2 N–H and O–H groups in total. The van der Waals surface area contributed by atoms with Gasteiger partial charge in [-0.1, -0.05) is 0 Å². The summed E-state index contributed by atoms with van der Waals surface area (Å²) >= 11 is 7.11. The van der Waals surface area contributed by atoms with Gasteiger partial charge in [0.15, 0.2) is 5.78 Å². The van der Waals surface area contributed by atoms with Crippen molar-refractivity contribution in [2.24, 2.45) is 5.73 Å². The number of carbonyl (C=O) groups is 1. The highest BCUT2D eigenvalue weighted by molar-refractivity contribution is 9.11. The topological polar surface area (TPSA) is 122 Å². The predicted molar refractivity (Wildman–Crippen MR) is 132 cm³/mol. The molecule has 174 valence electrons. The van der Waals surface area contributed by atoms with Crippen molar-refractivity contribution in [2.45, 2.75) is 31.8 Å². The number of non-ortho nitro benzene ring substituents is 1. The molecule has 8 nitrogen and oxygen atoms in total. The van der Waals surface area contributed by atoms with Crippen LogP contribution in [0.2, 0.25) is 0 Å². The van der Waals surface area contributed by atoms with Crippen LogP contribution in [0.15, 0.2) is 68.0 Å². The van der Waals surface area contributed by atoms with E-state index in [9.17, 15) is 20.2 Å². The Hall–Kier alpha value is -3.16. The van der Waals surface area contributed by atoms with Crippen molar-refractivity contribution in [1.29, 1.82) is 5.26 Å². The molecule has 0 saturated heterocycles. The first-order chi connectivity index (χ1) is 16.2. The van der Waals surface area contributed by atoms with E-state index < -0.39 is 10.8 Å². The summed E-state index contributed by atoms with van der Waals surface area (Å²) in [5.41, 5.74) is 9.67. The standard InChI is InChI=1S/C24H20Br2N4O4/c1-29-19-3-2-4-20(31)22(19)21(16(11-27)24(29)28)14-9-17(25)23(18(26)10-14)34-12-13-5-7-15(8-6-13)30(32)33/h5-10,21H,2-4,12,28H2,1H3/t21-/m0/s1. The summed E-state index contributed by atoms with van der Waals surface area (Å²) in [6.45, 7) is 0.201. The zero-order valence-corrected chi connectivity index (χ0v) is 21.3. The third-order valence-corrected chi connectivity index (χ3v) is 7.23. The number of hydrogen-bond donors (Lipinski definition) is 1. The minimum absolute atomic E-state index is 0.0140. The summed E-state index contributed by atoms with van der Waals surface area (Å²) in [7, 11) is 1.79. The maximum atomic E-state index is 12.9. The fourth-order valence-electron chi connectivity index (χ4n) is 4.35. The number of rotatable bonds is 5. The van der Waals surface area contributed by atoms with Crippen molar-refractivity contribution in [2.75, 3.05) is 7.05 Å². The molecule has 0 amide bonds. The zero-order valence-electron chi connectivity index (χ0n) is 18.2. The zero-order chi connectivity index (χ0) is 24.6. The second-order valence-corrected chi connectivity index (χ2v) is 9.77. The molecule has 0 aromatic heterocycles. The molecule has 2 aromatic carbocycles. The SMILES string of the molecule is CN1C(N)=C(C#N)[C@H](c2cc(Br)c(OCc3ccc([N+](=O)[O-])cc3)c(Br)c2)C2=C1CCCC2=O. The van der Waals surface area contributed by atoms with Crippen LogP contribution in [0.3, 0.4) is 0 Å². The maximum Gasteiger partial charge on any atom is 0.269 e. The summed E-state index contributed by atoms with van der Waals surface area (Å²) in [6, 6.07) is 12.0. The highest BCUT2D eigenvalue weighted by atomic mass is 79.9. The van der Waals surface area contributed by atoms with Gasteiger partial charge in [-0.3, -0.25) is 14.9 Å². The normalized spacial score (nSPS) is 18.0. The van der Waals surface area contributed by atoms with E-state index in [-0.39, 0.29) is 18.1 Å². The predicted octanol–water partition coefficient (Wildman–Crippen LogP) is 5.43. The van der Waals surface area contributed by atoms with E-state index in [2.05, 4.69) is 37.9 Å². The Bertz CT molecular complexity index is 1270. The molecular weight excluding hydrogens is 568 g/mol. The second kappa shape index (κ2) is 9.60. The molecule has 2 aliphatic rings. The molecule has 0 radical (unpaired) electrons. The van der Waals surface area contributed by atoms with Gasteiger partial charge < -0.3 is 15.4 Å². The lowest BCUT2D eigenvalue weighted by molar-refractivity contribution is -0.384. The lowest BCUT2D eigenvalue weighted by Crippen LogP contribution is -2.36. The van der Waals surface area contributed by atoms with E-state index in [1.54, 1.807) is 24.1 Å². The van der Waals surface area contributed by atoms with Gasteiger partial charge in [0, 0.05) is 36.9 Å². The van der Waals surface area contributed by atoms with Gasteiger partial charge in [0.2, 0.25) is 0 Å². The third-order valence-electron chi connectivity index (χ3n) is 6.05. The van der Waals surface area contributed by atoms with Gasteiger partial charge in [-0.25, -0.2) is 0 Å². The summed E-state index contributed by atoms with van der Waals surface area (Å²) in [5, 5.41) is 20.7. The molecule has 34 heavy (non-hydrogen) atoms. The number of Topliss-reactive ketones (excluding diaryl/α,β-unsaturated/α-hetero) is 1. The Kier molecular flexibility index (Phi) is 6.77. The number of hydrogen-bond acceptors (Lipinski definition) is 7. The molecule has 0 spiro atoms. The van der Waals surface area contributed by atoms with E-state index >= 15 is 0 Å². The number of nitrogens with two attached hydrogens (primary N) is 1. The van der Waals surface area contributed by atoms with Crippen molar-refractivity contribution >= 4 is 43.3 Å². The molecule has 0 unspecified atom stereocenters. The Morgan fingerprint density at radius 1 is 1.24 bits per heavy atom. The van der Waals surface area contributed by atoms with Gasteiger partial charge >= 0.3 is 0 Å². The number of nitro groups is 1. The van der Waals surface area contributed by atoms with E-state index in [1.165, 1.54) is 12.1 Å². The van der Waals surface area contributed by atoms with E-state index in [4.69, 9.17) is 10.5 Å². The fraction of sp³-hybridized carbons (Fsp3) is 0.250. The first kappa shape index (κ1) is 24.0. The molecule has 1 aliphatic carbocycles. The molecular formula is C24H20Br2N4O4. The Morgan fingerprint density at radius 2 is 1.88 bits per heavy atom. The van der Waals surface area contributed by atoms with Crippen LogP contribution in [-0.4, -0.2) is 22.7 Å². The number of allylic oxidation sites excluding steroid dienone is 3. The number of nitro benzene ring substituents is 1. The van der Waals surface area contributed by atoms with Crippen molar-refractivity contribution < 1.29 is 14.5 Å². The molecule has 1 atom stereocenters. The quantitative estimate of drug-likeness (QED) is 0.365. The van der Waals surface area contributed by atoms with Gasteiger partial charge in [0.05, 0.1) is 31.4 Å². The Morgan fingerprint density at radius 3 is 2.47 bits per heavy atom. The van der Waals surface area contributed by atoms with Crippen LogP contribution in [0.5, 0.6) is 5.75 Å². The highest BCUT2D eigenvalue weighted by Crippen LogP contribution is 2.46. The summed E-state index contributed by atoms with van der Waals surface area (Å²) in [4.78, 5) is 25.1. The van der Waals surface area contributed by atoms with Crippen LogP contribution in [0.25, 0.3) is 0 Å². The third kappa shape index (κ3) is 4.33. The van der Waals surface area contributed by atoms with E-state index in [0.717, 1.165) is 29.7 Å². The van der Waals surface area contributed by atoms with Crippen LogP contribution in [0, 0.1) is 21.4 Å². The van der Waals surface area contributed by atoms with Crippen molar-refractivity contribution in [3.63, 3.8) is 0 Å². The molecule has 10 heteroatoms. The largest absolute Gasteiger partial charge is 0.487 e. The lowest BCUT2D eigenvalue weighted by Gasteiger charge is -2.37. The first-order valence-corrected chi connectivity index (χ1v) is 12.1. The van der Waals surface area contributed by atoms with Crippen molar-refractivity contribution in [3.8, 4) is 11.8 Å². The number of carbonyl (C=O) groups excluding carboxylic acids is 1. The molecule has 1 heterocycles. The van der Waals surface area contributed by atoms with Crippen LogP contribution < -0.4 is 10.5 Å². The van der Waals surface area contributed by atoms with Crippen LogP contribution >= 0.6 is 31.9 Å². The molecule has 0 saturated carbocycles. The number of ether oxygens (including phenoxy) is 1. The number of nitriles is 1. The number of nitrogens with zero attached hydrogens (tertiary/aromatic N) is 3. The molecule has 4 rings (SSSR count). The molecule has 0 fully saturated rings. The fourth-order valence-corrected chi connectivity index (χ4v) is 5.80. The monoisotopic (exact) mass is 586 g/mol. The van der Waals surface area contributed by atoms with Crippen molar-refractivity contribution in [3.05, 3.63) is 89.2 Å². The van der Waals surface area contributed by atoms with Crippen LogP contribution in [0.1, 0.15) is 36.3 Å². The summed E-state index contributed by atoms with van der Waals surface area (Å²) in [6.07, 6.45) is 1.93. The van der Waals surface area contributed by atoms with Gasteiger partial charge in [0.1, 0.15) is 18.2 Å². The van der Waals surface area contributed by atoms with Gasteiger partial charge in [0.25, 0.3) is 5.69 Å². The van der Waals surface area contributed by atoms with E-state index in [1.807, 2.05) is 12.1 Å². The average Bonchev–Trinajstić information content (AvgIpc) is 2.81.